The molecule has 0 spiro atoms. The lowest BCUT2D eigenvalue weighted by Crippen LogP contribution is -2.48. The number of halogens is 3. The van der Waals surface area contributed by atoms with Gasteiger partial charge in [-0.1, -0.05) is 18.2 Å². The summed E-state index contributed by atoms with van der Waals surface area (Å²) in [6.07, 6.45) is -4.60. The van der Waals surface area contributed by atoms with Gasteiger partial charge in [-0.05, 0) is 30.3 Å². The van der Waals surface area contributed by atoms with Crippen molar-refractivity contribution >= 4 is 40.4 Å². The van der Waals surface area contributed by atoms with Crippen LogP contribution in [0.15, 0.2) is 48.5 Å². The minimum Gasteiger partial charge on any atom is -0.468 e. The first kappa shape index (κ1) is 27.2. The Hall–Kier alpha value is -4.35. The van der Waals surface area contributed by atoms with Gasteiger partial charge in [0, 0.05) is 42.4 Å². The number of anilines is 1. The number of rotatable bonds is 8. The minimum absolute atomic E-state index is 0.0225. The van der Waals surface area contributed by atoms with Crippen LogP contribution < -0.4 is 15.5 Å². The molecule has 2 aromatic carbocycles. The number of ether oxygens (including phenoxy) is 1. The normalized spacial score (nSPS) is 12.1. The molecule has 0 aliphatic carbocycles. The summed E-state index contributed by atoms with van der Waals surface area (Å²) in [5, 5.41) is 5.62. The maximum atomic E-state index is 13.2. The number of H-pyrrole nitrogens is 1. The number of nitrogens with zero attached hydrogens (tertiary/aromatic N) is 1. The SMILES string of the molecule is COC(=O)CNC(=O)[C@H](Cc1c(N(C)C(=O)c2ccc(C(F)(F)F)cc2)[nH]c2ccccc12)NC(C)=O. The van der Waals surface area contributed by atoms with Crippen LogP contribution >= 0.6 is 0 Å². The Balaban J connectivity index is 1.96. The second-order valence-corrected chi connectivity index (χ2v) is 8.19. The van der Waals surface area contributed by atoms with Gasteiger partial charge in [-0.25, -0.2) is 0 Å². The van der Waals surface area contributed by atoms with Crippen molar-refractivity contribution in [2.45, 2.75) is 25.6 Å². The molecule has 0 bridgehead atoms. The number of benzene rings is 2. The molecule has 0 saturated carbocycles. The van der Waals surface area contributed by atoms with E-state index in [-0.39, 0.29) is 12.0 Å². The van der Waals surface area contributed by atoms with Crippen LogP contribution in [0.5, 0.6) is 0 Å². The number of aromatic nitrogens is 1. The molecule has 9 nitrogen and oxygen atoms in total. The van der Waals surface area contributed by atoms with Gasteiger partial charge in [0.1, 0.15) is 18.4 Å². The van der Waals surface area contributed by atoms with Gasteiger partial charge in [0.15, 0.2) is 0 Å². The molecule has 0 unspecified atom stereocenters. The zero-order valence-corrected chi connectivity index (χ0v) is 20.2. The third-order valence-electron chi connectivity index (χ3n) is 5.63. The summed E-state index contributed by atoms with van der Waals surface area (Å²) in [7, 11) is 2.61. The first-order valence-electron chi connectivity index (χ1n) is 11.1. The highest BCUT2D eigenvalue weighted by Gasteiger charge is 2.31. The molecule has 3 amide bonds. The Morgan fingerprint density at radius 3 is 2.30 bits per heavy atom. The van der Waals surface area contributed by atoms with E-state index in [9.17, 15) is 32.3 Å². The summed E-state index contributed by atoms with van der Waals surface area (Å²) in [4.78, 5) is 53.6. The van der Waals surface area contributed by atoms with Crippen molar-refractivity contribution in [1.29, 1.82) is 0 Å². The van der Waals surface area contributed by atoms with E-state index in [0.29, 0.717) is 22.3 Å². The van der Waals surface area contributed by atoms with Crippen LogP contribution in [0.4, 0.5) is 19.0 Å². The lowest BCUT2D eigenvalue weighted by Gasteiger charge is -2.21. The molecule has 0 saturated heterocycles. The monoisotopic (exact) mass is 518 g/mol. The molecule has 3 aromatic rings. The molecule has 37 heavy (non-hydrogen) atoms. The van der Waals surface area contributed by atoms with Gasteiger partial charge in [-0.3, -0.25) is 24.1 Å². The summed E-state index contributed by atoms with van der Waals surface area (Å²) in [5.74, 6) is -2.11. The fourth-order valence-electron chi connectivity index (χ4n) is 3.79. The standard InChI is InChI=1S/C25H25F3N4O5/c1-14(33)30-20(23(35)29-13-21(34)37-3)12-18-17-6-4-5-7-19(17)31-22(18)32(2)24(36)15-8-10-16(11-9-15)25(26,27)28/h4-11,20,31H,12-13H2,1-3H3,(H,29,35)(H,30,33)/t20-/m0/s1. The van der Waals surface area contributed by atoms with Crippen molar-refractivity contribution in [3.05, 3.63) is 65.2 Å². The van der Waals surface area contributed by atoms with Crippen LogP contribution in [0.1, 0.15) is 28.4 Å². The van der Waals surface area contributed by atoms with Crippen molar-refractivity contribution in [3.63, 3.8) is 0 Å². The molecule has 0 aliphatic heterocycles. The minimum atomic E-state index is -4.54. The van der Waals surface area contributed by atoms with E-state index >= 15 is 0 Å². The van der Waals surface area contributed by atoms with Crippen LogP contribution in [0, 0.1) is 0 Å². The highest BCUT2D eigenvalue weighted by Crippen LogP contribution is 2.32. The van der Waals surface area contributed by atoms with E-state index < -0.39 is 48.0 Å². The molecular weight excluding hydrogens is 493 g/mol. The molecule has 0 radical (unpaired) electrons. The molecule has 0 fully saturated rings. The number of nitrogens with one attached hydrogen (secondary N) is 3. The predicted octanol–water partition coefficient (Wildman–Crippen LogP) is 2.80. The molecule has 1 aromatic heterocycles. The molecule has 0 aliphatic rings. The quantitative estimate of drug-likeness (QED) is 0.396. The summed E-state index contributed by atoms with van der Waals surface area (Å²) in [6.45, 7) is 0.829. The van der Waals surface area contributed by atoms with E-state index in [0.717, 1.165) is 24.3 Å². The lowest BCUT2D eigenvalue weighted by atomic mass is 10.0. The lowest BCUT2D eigenvalue weighted by molar-refractivity contribution is -0.141. The second kappa shape index (κ2) is 11.1. The molecule has 1 atom stereocenters. The average Bonchev–Trinajstić information content (AvgIpc) is 3.23. The topological polar surface area (TPSA) is 121 Å². The van der Waals surface area contributed by atoms with Crippen molar-refractivity contribution < 1.29 is 37.1 Å². The molecule has 196 valence electrons. The fourth-order valence-corrected chi connectivity index (χ4v) is 3.79. The smallest absolute Gasteiger partial charge is 0.416 e. The summed E-state index contributed by atoms with van der Waals surface area (Å²) >= 11 is 0. The number of fused-ring (bicyclic) bond motifs is 1. The Morgan fingerprint density at radius 2 is 1.70 bits per heavy atom. The Bertz CT molecular complexity index is 1320. The maximum absolute atomic E-state index is 13.2. The van der Waals surface area contributed by atoms with Crippen molar-refractivity contribution in [2.75, 3.05) is 25.6 Å². The number of esters is 1. The number of para-hydroxylation sites is 1. The first-order chi connectivity index (χ1) is 17.4. The number of hydrogen-bond donors (Lipinski definition) is 3. The van der Waals surface area contributed by atoms with Crippen LogP contribution in [0.2, 0.25) is 0 Å². The van der Waals surface area contributed by atoms with Gasteiger partial charge in [-0.15, -0.1) is 0 Å². The van der Waals surface area contributed by atoms with Crippen LogP contribution in [-0.2, 0) is 31.7 Å². The van der Waals surface area contributed by atoms with E-state index in [1.54, 1.807) is 24.3 Å². The van der Waals surface area contributed by atoms with Crippen molar-refractivity contribution in [3.8, 4) is 0 Å². The van der Waals surface area contributed by atoms with Crippen LogP contribution in [0.3, 0.4) is 0 Å². The number of alkyl halides is 3. The van der Waals surface area contributed by atoms with Crippen molar-refractivity contribution in [2.24, 2.45) is 0 Å². The number of hydrogen-bond acceptors (Lipinski definition) is 5. The highest BCUT2D eigenvalue weighted by atomic mass is 19.4. The van der Waals surface area contributed by atoms with Crippen molar-refractivity contribution in [1.82, 2.24) is 15.6 Å². The first-order valence-corrected chi connectivity index (χ1v) is 11.1. The van der Waals surface area contributed by atoms with Gasteiger partial charge in [-0.2, -0.15) is 13.2 Å². The summed E-state index contributed by atoms with van der Waals surface area (Å²) in [5.41, 5.74) is 0.282. The van der Waals surface area contributed by atoms with E-state index in [2.05, 4.69) is 20.4 Å². The third-order valence-corrected chi connectivity index (χ3v) is 5.63. The van der Waals surface area contributed by atoms with Gasteiger partial charge in [0.25, 0.3) is 5.91 Å². The number of methoxy groups -OCH3 is 1. The number of carbonyl (C=O) groups excluding carboxylic acids is 4. The van der Waals surface area contributed by atoms with E-state index in [1.807, 2.05) is 0 Å². The number of carbonyl (C=O) groups is 4. The molecule has 1 heterocycles. The Labute approximate surface area is 210 Å². The van der Waals surface area contributed by atoms with Gasteiger partial charge in [0.05, 0.1) is 12.7 Å². The van der Waals surface area contributed by atoms with Crippen LogP contribution in [0.25, 0.3) is 10.9 Å². The zero-order valence-electron chi connectivity index (χ0n) is 20.2. The molecule has 3 rings (SSSR count). The molecule has 3 N–H and O–H groups in total. The highest BCUT2D eigenvalue weighted by molar-refractivity contribution is 6.07. The van der Waals surface area contributed by atoms with E-state index in [1.165, 1.54) is 26.0 Å². The van der Waals surface area contributed by atoms with Gasteiger partial charge < -0.3 is 20.4 Å². The van der Waals surface area contributed by atoms with Gasteiger partial charge in [0.2, 0.25) is 11.8 Å². The summed E-state index contributed by atoms with van der Waals surface area (Å²) < 4.78 is 43.3. The molecule has 12 heteroatoms. The van der Waals surface area contributed by atoms with Crippen LogP contribution in [-0.4, -0.2) is 55.4 Å². The van der Waals surface area contributed by atoms with Gasteiger partial charge >= 0.3 is 12.1 Å². The fraction of sp³-hybridized carbons (Fsp3) is 0.280. The predicted molar refractivity (Wildman–Crippen MR) is 129 cm³/mol. The maximum Gasteiger partial charge on any atom is 0.416 e. The average molecular weight is 518 g/mol. The second-order valence-electron chi connectivity index (χ2n) is 8.19. The zero-order chi connectivity index (χ0) is 27.3. The van der Waals surface area contributed by atoms with E-state index in [4.69, 9.17) is 0 Å². The third kappa shape index (κ3) is 6.46. The Morgan fingerprint density at radius 1 is 1.05 bits per heavy atom. The molecular formula is C25H25F3N4O5. The summed E-state index contributed by atoms with van der Waals surface area (Å²) in [6, 6.07) is 9.76. The Kier molecular flexibility index (Phi) is 8.21. The number of amides is 3. The number of aromatic amines is 1. The largest absolute Gasteiger partial charge is 0.468 e.